The molecule has 0 spiro atoms. The summed E-state index contributed by atoms with van der Waals surface area (Å²) in [5.74, 6) is 0.116. The van der Waals surface area contributed by atoms with Crippen molar-refractivity contribution in [2.45, 2.75) is 167 Å². The molecule has 13 rings (SSSR count). The van der Waals surface area contributed by atoms with Gasteiger partial charge in [0.2, 0.25) is 0 Å². The standard InChI is InChI=1S/C84H78N4S6/c1-7-11-15-19-23-55-27-35-60(36-28-55)83(61-37-29-56(30-38-61)24-20-16-12-8-2)70-49-66(47-64-43-45-72(89-64)59(53-85)54-86)91-78(70)80-76(83)68-51-75-69(52-74(68)93-80)77-81(94-75)79-71(50-67(92-79)48-65-44-46-73(90-65)82(87-5)88-6)84(77,62-39-31-57(32-40-62)25-21-17-13-9-3)63-41-33-58(34-42-63)26-22-18-14-10-4/h27-52H,7-26H2,1-4H3/b64-47+,65-48+. The molecular formula is C84H78N4S6. The van der Waals surface area contributed by atoms with E-state index in [0.717, 1.165) is 44.5 Å². The predicted octanol–water partition coefficient (Wildman–Crippen LogP) is 22.3. The highest BCUT2D eigenvalue weighted by Gasteiger charge is 2.52. The van der Waals surface area contributed by atoms with E-state index in [9.17, 15) is 10.5 Å². The van der Waals surface area contributed by atoms with Crippen LogP contribution in [0.25, 0.3) is 72.9 Å². The maximum Gasteiger partial charge on any atom is 0.536 e. The average molecular weight is 1340 g/mol. The minimum Gasteiger partial charge on any atom is -0.192 e. The smallest absolute Gasteiger partial charge is 0.192 e. The second kappa shape index (κ2) is 29.1. The van der Waals surface area contributed by atoms with E-state index in [0.29, 0.717) is 9.06 Å². The molecule has 0 amide bonds. The third kappa shape index (κ3) is 12.3. The van der Waals surface area contributed by atoms with Gasteiger partial charge in [0, 0.05) is 28.2 Å². The van der Waals surface area contributed by atoms with Crippen LogP contribution in [0.2, 0.25) is 0 Å². The number of nitriles is 2. The Morgan fingerprint density at radius 3 is 1.06 bits per heavy atom. The van der Waals surface area contributed by atoms with Crippen LogP contribution in [-0.2, 0) is 36.5 Å². The molecule has 0 saturated heterocycles. The average Bonchev–Trinajstić information content (AvgIpc) is 1.51. The van der Waals surface area contributed by atoms with E-state index in [4.69, 9.17) is 13.1 Å². The summed E-state index contributed by atoms with van der Waals surface area (Å²) < 4.78 is 6.03. The molecule has 0 atom stereocenters. The summed E-state index contributed by atoms with van der Waals surface area (Å²) in [5.41, 5.74) is 14.9. The number of rotatable bonds is 26. The van der Waals surface area contributed by atoms with Gasteiger partial charge in [-0.05, 0) is 190 Å². The Morgan fingerprint density at radius 2 is 0.734 bits per heavy atom. The summed E-state index contributed by atoms with van der Waals surface area (Å²) in [4.78, 5) is 14.7. The van der Waals surface area contributed by atoms with E-state index >= 15 is 0 Å². The number of unbranched alkanes of at least 4 members (excludes halogenated alkanes) is 12. The molecule has 4 nitrogen and oxygen atoms in total. The summed E-state index contributed by atoms with van der Waals surface area (Å²) in [6.07, 6.45) is 28.4. The normalized spacial score (nSPS) is 13.6. The number of aryl methyl sites for hydroxylation is 4. The SMILES string of the molecule is [C-]#[N+]C([N+]#[C-])=c1cc/c(=C\c2cc3c(s2)-c2sc4cc5c6c(sc5cc4c2C3(c2ccc(CCCCCC)cc2)c2ccc(CCCCCC)cc2)-c2sc(/C=c3\ccc(=C(C#N)C#N)s3)cc2C6(c2ccc(CCCCCC)cc2)c2ccc(CCCCCC)cc2)s1. The molecule has 0 N–H and O–H groups in total. The van der Waals surface area contributed by atoms with Gasteiger partial charge in [0.15, 0.2) is 0 Å². The highest BCUT2D eigenvalue weighted by atomic mass is 32.1. The van der Waals surface area contributed by atoms with Crippen LogP contribution < -0.4 is 18.1 Å². The van der Waals surface area contributed by atoms with Gasteiger partial charge in [-0.15, -0.1) is 68.0 Å². The van der Waals surface area contributed by atoms with Gasteiger partial charge in [-0.3, -0.25) is 0 Å². The highest BCUT2D eigenvalue weighted by molar-refractivity contribution is 7.28. The van der Waals surface area contributed by atoms with Crippen LogP contribution in [0.5, 0.6) is 0 Å². The molecular weight excluding hydrogens is 1260 g/mol. The molecule has 6 heterocycles. The van der Waals surface area contributed by atoms with Crippen molar-refractivity contribution in [3.8, 4) is 31.6 Å². The molecule has 0 saturated carbocycles. The molecule has 2 aliphatic carbocycles. The fourth-order valence-electron chi connectivity index (χ4n) is 14.8. The van der Waals surface area contributed by atoms with Crippen LogP contribution in [0.3, 0.4) is 0 Å². The number of hydrogen-bond acceptors (Lipinski definition) is 8. The van der Waals surface area contributed by atoms with E-state index < -0.39 is 10.8 Å². The lowest BCUT2D eigenvalue weighted by Gasteiger charge is -2.34. The van der Waals surface area contributed by atoms with E-state index in [1.807, 2.05) is 57.5 Å². The minimum absolute atomic E-state index is 0.116. The topological polar surface area (TPSA) is 56.3 Å². The third-order valence-corrected chi connectivity index (χ3v) is 26.4. The first-order chi connectivity index (χ1) is 46.2. The van der Waals surface area contributed by atoms with Gasteiger partial charge in [-0.2, -0.15) is 20.2 Å². The Balaban J connectivity index is 1.06. The van der Waals surface area contributed by atoms with Crippen molar-refractivity contribution in [2.75, 3.05) is 0 Å². The van der Waals surface area contributed by atoms with Crippen LogP contribution in [0.4, 0.5) is 0 Å². The molecule has 0 unspecified atom stereocenters. The predicted molar refractivity (Wildman–Crippen MR) is 404 cm³/mol. The Labute approximate surface area is 579 Å². The molecule has 94 heavy (non-hydrogen) atoms. The van der Waals surface area contributed by atoms with Crippen molar-refractivity contribution in [3.63, 3.8) is 0 Å². The van der Waals surface area contributed by atoms with E-state index in [-0.39, 0.29) is 11.4 Å². The van der Waals surface area contributed by atoms with Gasteiger partial charge in [0.25, 0.3) is 0 Å². The number of benzene rings is 5. The summed E-state index contributed by atoms with van der Waals surface area (Å²) >= 11 is 10.7. The maximum absolute atomic E-state index is 9.85. The number of thiophene rings is 6. The first-order valence-corrected chi connectivity index (χ1v) is 39.0. The molecule has 10 heteroatoms. The molecule has 0 bridgehead atoms. The zero-order chi connectivity index (χ0) is 64.8. The Bertz CT molecular complexity index is 4550. The Morgan fingerprint density at radius 1 is 0.394 bits per heavy atom. The van der Waals surface area contributed by atoms with Crippen molar-refractivity contribution in [1.82, 2.24) is 0 Å². The van der Waals surface area contributed by atoms with Gasteiger partial charge in [-0.25, -0.2) is 0 Å². The Hall–Kier alpha value is -7.74. The van der Waals surface area contributed by atoms with Crippen molar-refractivity contribution < 1.29 is 0 Å². The third-order valence-electron chi connectivity index (χ3n) is 19.5. The number of fused-ring (bicyclic) bond motifs is 10. The number of hydrogen-bond donors (Lipinski definition) is 0. The second-order valence-electron chi connectivity index (χ2n) is 25.6. The largest absolute Gasteiger partial charge is 0.536 e. The van der Waals surface area contributed by atoms with Gasteiger partial charge in [0.05, 0.1) is 34.9 Å². The zero-order valence-electron chi connectivity index (χ0n) is 54.4. The summed E-state index contributed by atoms with van der Waals surface area (Å²) in [6.45, 7) is 24.6. The molecule has 5 aromatic carbocycles. The molecule has 2 aliphatic rings. The van der Waals surface area contributed by atoms with Gasteiger partial charge in [0.1, 0.15) is 35.4 Å². The van der Waals surface area contributed by atoms with Gasteiger partial charge in [-0.1, -0.05) is 202 Å². The minimum atomic E-state index is -0.639. The Kier molecular flexibility index (Phi) is 20.1. The first-order valence-electron chi connectivity index (χ1n) is 34.1. The van der Waals surface area contributed by atoms with Crippen LogP contribution in [0, 0.1) is 35.8 Å². The summed E-state index contributed by atoms with van der Waals surface area (Å²) in [5, 5.41) is 22.3. The molecule has 0 radical (unpaired) electrons. The van der Waals surface area contributed by atoms with Crippen molar-refractivity contribution in [3.05, 3.63) is 263 Å². The van der Waals surface area contributed by atoms with Crippen LogP contribution in [0.1, 0.15) is 207 Å². The van der Waals surface area contributed by atoms with Crippen molar-refractivity contribution in [1.29, 1.82) is 10.5 Å². The zero-order valence-corrected chi connectivity index (χ0v) is 59.3. The molecule has 11 aromatic rings. The lowest BCUT2D eigenvalue weighted by Crippen LogP contribution is -2.28. The quantitative estimate of drug-likeness (QED) is 0.0401. The highest BCUT2D eigenvalue weighted by Crippen LogP contribution is 2.67. The summed E-state index contributed by atoms with van der Waals surface area (Å²) in [7, 11) is 0. The fourth-order valence-corrected chi connectivity index (χ4v) is 21.9. The van der Waals surface area contributed by atoms with Crippen molar-refractivity contribution in [2.24, 2.45) is 0 Å². The maximum atomic E-state index is 9.85. The van der Waals surface area contributed by atoms with Gasteiger partial charge >= 0.3 is 5.82 Å². The molecule has 6 aromatic heterocycles. The molecule has 470 valence electrons. The van der Waals surface area contributed by atoms with Crippen LogP contribution in [-0.4, -0.2) is 0 Å². The molecule has 0 fully saturated rings. The summed E-state index contributed by atoms with van der Waals surface area (Å²) in [6, 6.07) is 61.3. The van der Waals surface area contributed by atoms with E-state index in [1.165, 1.54) is 232 Å². The van der Waals surface area contributed by atoms with Crippen LogP contribution >= 0.6 is 68.0 Å². The van der Waals surface area contributed by atoms with Crippen LogP contribution in [0.15, 0.2) is 146 Å². The van der Waals surface area contributed by atoms with Crippen molar-refractivity contribution >= 4 is 112 Å². The lowest BCUT2D eigenvalue weighted by atomic mass is 9.66. The second-order valence-corrected chi connectivity index (χ2v) is 32.1. The monoisotopic (exact) mass is 1330 g/mol. The molecule has 0 aliphatic heterocycles. The van der Waals surface area contributed by atoms with Gasteiger partial charge < -0.3 is 0 Å². The van der Waals surface area contributed by atoms with E-state index in [1.54, 1.807) is 0 Å². The lowest BCUT2D eigenvalue weighted by molar-refractivity contribution is 0.666. The number of nitrogens with zero attached hydrogens (tertiary/aromatic N) is 4. The van der Waals surface area contributed by atoms with E-state index in [2.05, 4.69) is 195 Å². The fraction of sp³-hybridized carbons (Fsp3) is 0.310. The first kappa shape index (κ1) is 64.9.